The van der Waals surface area contributed by atoms with Gasteiger partial charge in [-0.15, -0.1) is 0 Å². The Morgan fingerprint density at radius 3 is 1.88 bits per heavy atom. The molecule has 1 aromatic rings. The average Bonchev–Trinajstić information content (AvgIpc) is 2.63. The zero-order valence-electron chi connectivity index (χ0n) is 17.3. The van der Waals surface area contributed by atoms with Crippen molar-refractivity contribution < 1.29 is 9.53 Å². The van der Waals surface area contributed by atoms with Crippen LogP contribution < -0.4 is 0 Å². The van der Waals surface area contributed by atoms with Crippen LogP contribution in [-0.2, 0) is 9.53 Å². The van der Waals surface area contributed by atoms with Gasteiger partial charge in [-0.1, -0.05) is 64.0 Å². The molecule has 0 saturated heterocycles. The standard InChI is InChI=1S/C16H20O.C5H12O.C2H6/c1-13-4-8-15(9-5-13)16-10-6-14(7-11-16)3-2-12-17;1-5(2,3)6-4;1-2/h2-3,6-7,10-13,15H,4-5,8-9H2,1H3;1-4H3;1-2H3/b3-2+;;. The average molecular weight is 347 g/mol. The molecule has 1 saturated carbocycles. The SMILES string of the molecule is CC.CC1CCC(c2ccc(/C=C/C=O)cc2)CC1.COC(C)(C)C. The summed E-state index contributed by atoms with van der Waals surface area (Å²) in [6.45, 7) is 12.4. The van der Waals surface area contributed by atoms with Gasteiger partial charge in [0.1, 0.15) is 6.29 Å². The minimum absolute atomic E-state index is 0.0417. The number of ether oxygens (including phenoxy) is 1. The fourth-order valence-electron chi connectivity index (χ4n) is 2.62. The molecule has 2 heteroatoms. The van der Waals surface area contributed by atoms with Crippen molar-refractivity contribution in [1.29, 1.82) is 0 Å². The van der Waals surface area contributed by atoms with Crippen molar-refractivity contribution in [1.82, 2.24) is 0 Å². The maximum Gasteiger partial charge on any atom is 0.142 e. The largest absolute Gasteiger partial charge is 0.379 e. The van der Waals surface area contributed by atoms with Crippen LogP contribution in [0.25, 0.3) is 6.08 Å². The fourth-order valence-corrected chi connectivity index (χ4v) is 2.62. The van der Waals surface area contributed by atoms with Crippen molar-refractivity contribution >= 4 is 12.4 Å². The molecule has 0 aliphatic heterocycles. The van der Waals surface area contributed by atoms with E-state index < -0.39 is 0 Å². The lowest BCUT2D eigenvalue weighted by molar-refractivity contribution is -0.104. The molecular weight excluding hydrogens is 308 g/mol. The van der Waals surface area contributed by atoms with Gasteiger partial charge in [0.25, 0.3) is 0 Å². The van der Waals surface area contributed by atoms with E-state index in [2.05, 4.69) is 31.2 Å². The number of methoxy groups -OCH3 is 1. The molecule has 0 amide bonds. The van der Waals surface area contributed by atoms with Crippen LogP contribution in [0.1, 0.15) is 84.3 Å². The number of rotatable bonds is 3. The van der Waals surface area contributed by atoms with Crippen LogP contribution in [0.15, 0.2) is 30.3 Å². The van der Waals surface area contributed by atoms with Crippen LogP contribution in [0, 0.1) is 5.92 Å². The lowest BCUT2D eigenvalue weighted by Gasteiger charge is -2.26. The summed E-state index contributed by atoms with van der Waals surface area (Å²) in [5.74, 6) is 1.65. The van der Waals surface area contributed by atoms with Gasteiger partial charge in [0, 0.05) is 7.11 Å². The molecule has 1 aliphatic carbocycles. The summed E-state index contributed by atoms with van der Waals surface area (Å²) in [7, 11) is 1.71. The first-order chi connectivity index (χ1) is 11.9. The fraction of sp³-hybridized carbons (Fsp3) is 0.609. The molecule has 2 rings (SSSR count). The highest BCUT2D eigenvalue weighted by atomic mass is 16.5. The second kappa shape index (κ2) is 12.9. The predicted molar refractivity (Wildman–Crippen MR) is 110 cm³/mol. The maximum absolute atomic E-state index is 10.2. The molecule has 2 nitrogen and oxygen atoms in total. The number of hydrogen-bond donors (Lipinski definition) is 0. The second-order valence-corrected chi connectivity index (χ2v) is 7.44. The summed E-state index contributed by atoms with van der Waals surface area (Å²) < 4.78 is 4.94. The topological polar surface area (TPSA) is 26.3 Å². The molecule has 1 aromatic carbocycles. The van der Waals surface area contributed by atoms with Crippen molar-refractivity contribution in [3.63, 3.8) is 0 Å². The monoisotopic (exact) mass is 346 g/mol. The van der Waals surface area contributed by atoms with Gasteiger partial charge in [-0.3, -0.25) is 4.79 Å². The van der Waals surface area contributed by atoms with Gasteiger partial charge in [0.2, 0.25) is 0 Å². The Morgan fingerprint density at radius 1 is 1.00 bits per heavy atom. The lowest BCUT2D eigenvalue weighted by Crippen LogP contribution is -2.15. The van der Waals surface area contributed by atoms with Crippen molar-refractivity contribution in [2.24, 2.45) is 5.92 Å². The zero-order valence-corrected chi connectivity index (χ0v) is 17.3. The quantitative estimate of drug-likeness (QED) is 0.452. The van der Waals surface area contributed by atoms with E-state index in [1.807, 2.05) is 40.7 Å². The Labute approximate surface area is 155 Å². The van der Waals surface area contributed by atoms with Crippen LogP contribution in [0.5, 0.6) is 0 Å². The van der Waals surface area contributed by atoms with Crippen molar-refractivity contribution in [3.05, 3.63) is 41.5 Å². The maximum atomic E-state index is 10.2. The third-order valence-electron chi connectivity index (χ3n) is 4.40. The van der Waals surface area contributed by atoms with E-state index in [1.165, 1.54) is 37.3 Å². The normalized spacial score (nSPS) is 20.1. The van der Waals surface area contributed by atoms with Crippen molar-refractivity contribution in [2.45, 2.75) is 78.7 Å². The minimum atomic E-state index is 0.0417. The molecule has 0 bridgehead atoms. The van der Waals surface area contributed by atoms with E-state index in [0.717, 1.165) is 23.7 Å². The van der Waals surface area contributed by atoms with Crippen molar-refractivity contribution in [2.75, 3.05) is 7.11 Å². The van der Waals surface area contributed by atoms with Crippen molar-refractivity contribution in [3.8, 4) is 0 Å². The molecule has 1 fully saturated rings. The van der Waals surface area contributed by atoms with Gasteiger partial charge in [-0.2, -0.15) is 0 Å². The highest BCUT2D eigenvalue weighted by Crippen LogP contribution is 2.35. The Balaban J connectivity index is 0.000000614. The molecule has 0 radical (unpaired) electrons. The first-order valence-corrected chi connectivity index (χ1v) is 9.62. The van der Waals surface area contributed by atoms with Gasteiger partial charge in [0.05, 0.1) is 5.60 Å². The second-order valence-electron chi connectivity index (χ2n) is 7.44. The molecule has 0 aromatic heterocycles. The minimum Gasteiger partial charge on any atom is -0.379 e. The molecule has 1 aliphatic rings. The van der Waals surface area contributed by atoms with Crippen LogP contribution in [0.4, 0.5) is 0 Å². The lowest BCUT2D eigenvalue weighted by atomic mass is 9.79. The molecule has 25 heavy (non-hydrogen) atoms. The third kappa shape index (κ3) is 10.9. The number of aldehydes is 1. The van der Waals surface area contributed by atoms with E-state index in [4.69, 9.17) is 4.74 Å². The summed E-state index contributed by atoms with van der Waals surface area (Å²) in [5.41, 5.74) is 2.60. The summed E-state index contributed by atoms with van der Waals surface area (Å²) in [4.78, 5) is 10.2. The number of carbonyl (C=O) groups is 1. The van der Waals surface area contributed by atoms with E-state index in [1.54, 1.807) is 7.11 Å². The molecule has 0 spiro atoms. The number of benzene rings is 1. The van der Waals surface area contributed by atoms with E-state index in [-0.39, 0.29) is 5.60 Å². The highest BCUT2D eigenvalue weighted by Gasteiger charge is 2.19. The zero-order chi connectivity index (χ0) is 19.3. The summed E-state index contributed by atoms with van der Waals surface area (Å²) in [5, 5.41) is 0. The number of carbonyl (C=O) groups excluding carboxylic acids is 1. The smallest absolute Gasteiger partial charge is 0.142 e. The third-order valence-corrected chi connectivity index (χ3v) is 4.40. The van der Waals surface area contributed by atoms with Crippen LogP contribution in [0.2, 0.25) is 0 Å². The van der Waals surface area contributed by atoms with Gasteiger partial charge < -0.3 is 4.74 Å². The van der Waals surface area contributed by atoms with E-state index in [9.17, 15) is 4.79 Å². The van der Waals surface area contributed by atoms with E-state index in [0.29, 0.717) is 0 Å². The molecule has 0 N–H and O–H groups in total. The Bertz CT molecular complexity index is 472. The van der Waals surface area contributed by atoms with E-state index >= 15 is 0 Å². The first-order valence-electron chi connectivity index (χ1n) is 9.62. The summed E-state index contributed by atoms with van der Waals surface area (Å²) >= 11 is 0. The number of hydrogen-bond acceptors (Lipinski definition) is 2. The Kier molecular flexibility index (Phi) is 12.2. The number of allylic oxidation sites excluding steroid dienone is 1. The predicted octanol–water partition coefficient (Wildman–Crippen LogP) is 6.65. The molecule has 0 atom stereocenters. The molecule has 0 heterocycles. The summed E-state index contributed by atoms with van der Waals surface area (Å²) in [6.07, 6.45) is 9.57. The highest BCUT2D eigenvalue weighted by molar-refractivity contribution is 5.73. The van der Waals surface area contributed by atoms with Gasteiger partial charge in [-0.25, -0.2) is 0 Å². The van der Waals surface area contributed by atoms with Gasteiger partial charge in [0.15, 0.2) is 0 Å². The summed E-state index contributed by atoms with van der Waals surface area (Å²) in [6, 6.07) is 8.64. The Morgan fingerprint density at radius 2 is 1.48 bits per heavy atom. The Hall–Kier alpha value is -1.41. The van der Waals surface area contributed by atoms with Gasteiger partial charge in [-0.05, 0) is 62.7 Å². The molecule has 0 unspecified atom stereocenters. The molecule has 142 valence electrons. The first kappa shape index (κ1) is 23.6. The van der Waals surface area contributed by atoms with Crippen LogP contribution in [-0.4, -0.2) is 19.0 Å². The van der Waals surface area contributed by atoms with Gasteiger partial charge >= 0.3 is 0 Å². The van der Waals surface area contributed by atoms with Crippen LogP contribution in [0.3, 0.4) is 0 Å². The van der Waals surface area contributed by atoms with Crippen LogP contribution >= 0.6 is 0 Å². The molecular formula is C23H38O2.